The minimum atomic E-state index is 0.287. The molecule has 1 aromatic carbocycles. The summed E-state index contributed by atoms with van der Waals surface area (Å²) in [7, 11) is 0. The molecular weight excluding hydrogens is 292 g/mol. The molecular formula is C17H20N4S. The van der Waals surface area contributed by atoms with Crippen LogP contribution in [-0.4, -0.2) is 9.97 Å². The Morgan fingerprint density at radius 2 is 2.14 bits per heavy atom. The number of anilines is 1. The minimum absolute atomic E-state index is 0.287. The molecule has 0 aliphatic rings. The molecule has 2 aromatic rings. The summed E-state index contributed by atoms with van der Waals surface area (Å²) < 4.78 is 0. The predicted octanol–water partition coefficient (Wildman–Crippen LogP) is 3.87. The molecule has 2 rings (SSSR count). The van der Waals surface area contributed by atoms with Crippen LogP contribution >= 0.6 is 11.8 Å². The lowest BCUT2D eigenvalue weighted by atomic mass is 10.1. The monoisotopic (exact) mass is 312 g/mol. The van der Waals surface area contributed by atoms with Crippen LogP contribution in [0.25, 0.3) is 0 Å². The number of hydrogen-bond acceptors (Lipinski definition) is 5. The zero-order valence-corrected chi connectivity index (χ0v) is 13.8. The zero-order valence-electron chi connectivity index (χ0n) is 13.0. The van der Waals surface area contributed by atoms with Gasteiger partial charge in [-0.2, -0.15) is 5.26 Å². The van der Waals surface area contributed by atoms with Crippen LogP contribution in [0.4, 0.5) is 5.82 Å². The fourth-order valence-corrected chi connectivity index (χ4v) is 2.98. The van der Waals surface area contributed by atoms with Crippen LogP contribution in [0.3, 0.4) is 0 Å². The van der Waals surface area contributed by atoms with E-state index in [4.69, 9.17) is 5.73 Å². The molecule has 1 heterocycles. The minimum Gasteiger partial charge on any atom is -0.382 e. The number of nitriles is 1. The maximum Gasteiger partial charge on any atom is 0.190 e. The van der Waals surface area contributed by atoms with Gasteiger partial charge in [-0.1, -0.05) is 54.9 Å². The fourth-order valence-electron chi connectivity index (χ4n) is 2.16. The number of nitrogens with two attached hydrogens (primary N) is 1. The van der Waals surface area contributed by atoms with Crippen LogP contribution in [0.5, 0.6) is 0 Å². The largest absolute Gasteiger partial charge is 0.382 e. The van der Waals surface area contributed by atoms with Crippen molar-refractivity contribution in [1.82, 2.24) is 9.97 Å². The predicted molar refractivity (Wildman–Crippen MR) is 90.5 cm³/mol. The lowest BCUT2D eigenvalue weighted by molar-refractivity contribution is 0.755. The third-order valence-electron chi connectivity index (χ3n) is 3.32. The standard InChI is InChI=1S/C17H20N4S/c1-3-4-8-15-14(10-18)16(19)21-17(20-15)22-11-13-7-5-6-12(2)9-13/h5-7,9H,3-4,8,11H2,1-2H3,(H2,19,20,21). The average molecular weight is 312 g/mol. The van der Waals surface area contributed by atoms with Crippen molar-refractivity contribution in [2.45, 2.75) is 44.0 Å². The first-order valence-corrected chi connectivity index (χ1v) is 8.37. The lowest BCUT2D eigenvalue weighted by Gasteiger charge is -2.08. The average Bonchev–Trinajstić information content (AvgIpc) is 2.50. The smallest absolute Gasteiger partial charge is 0.190 e. The van der Waals surface area contributed by atoms with E-state index in [1.54, 1.807) is 11.8 Å². The van der Waals surface area contributed by atoms with Crippen LogP contribution < -0.4 is 5.73 Å². The number of unbranched alkanes of at least 4 members (excludes halogenated alkanes) is 1. The molecule has 0 aliphatic heterocycles. The Balaban J connectivity index is 2.17. The van der Waals surface area contributed by atoms with E-state index in [1.165, 1.54) is 11.1 Å². The summed E-state index contributed by atoms with van der Waals surface area (Å²) in [5, 5.41) is 9.85. The van der Waals surface area contributed by atoms with Gasteiger partial charge in [0.15, 0.2) is 5.16 Å². The van der Waals surface area contributed by atoms with E-state index in [9.17, 15) is 5.26 Å². The van der Waals surface area contributed by atoms with Crippen molar-refractivity contribution in [2.24, 2.45) is 0 Å². The van der Waals surface area contributed by atoms with Gasteiger partial charge in [-0.3, -0.25) is 0 Å². The van der Waals surface area contributed by atoms with E-state index in [-0.39, 0.29) is 5.82 Å². The van der Waals surface area contributed by atoms with Gasteiger partial charge >= 0.3 is 0 Å². The summed E-state index contributed by atoms with van der Waals surface area (Å²) in [5.41, 5.74) is 9.57. The maximum atomic E-state index is 9.21. The molecule has 0 radical (unpaired) electrons. The molecule has 2 N–H and O–H groups in total. The van der Waals surface area contributed by atoms with E-state index in [0.717, 1.165) is 30.7 Å². The summed E-state index contributed by atoms with van der Waals surface area (Å²) in [4.78, 5) is 8.79. The number of rotatable bonds is 6. The van der Waals surface area contributed by atoms with Crippen LogP contribution in [0.2, 0.25) is 0 Å². The normalized spacial score (nSPS) is 10.4. The molecule has 22 heavy (non-hydrogen) atoms. The van der Waals surface area contributed by atoms with Crippen molar-refractivity contribution in [2.75, 3.05) is 5.73 Å². The van der Waals surface area contributed by atoms with Crippen molar-refractivity contribution >= 4 is 17.6 Å². The quantitative estimate of drug-likeness (QED) is 0.647. The summed E-state index contributed by atoms with van der Waals surface area (Å²) in [6, 6.07) is 10.5. The molecule has 0 bridgehead atoms. The Bertz CT molecular complexity index is 692. The number of nitrogen functional groups attached to an aromatic ring is 1. The first kappa shape index (κ1) is 16.3. The van der Waals surface area contributed by atoms with Crippen molar-refractivity contribution in [3.8, 4) is 6.07 Å². The fraction of sp³-hybridized carbons (Fsp3) is 0.353. The van der Waals surface area contributed by atoms with Gasteiger partial charge in [0.2, 0.25) is 0 Å². The molecule has 0 saturated heterocycles. The number of aromatic nitrogens is 2. The van der Waals surface area contributed by atoms with Crippen LogP contribution in [0.1, 0.15) is 42.1 Å². The summed E-state index contributed by atoms with van der Waals surface area (Å²) in [6.45, 7) is 4.19. The molecule has 0 saturated carbocycles. The number of thioether (sulfide) groups is 1. The van der Waals surface area contributed by atoms with E-state index in [1.807, 2.05) is 6.07 Å². The number of nitrogens with zero attached hydrogens (tertiary/aromatic N) is 3. The van der Waals surface area contributed by atoms with Gasteiger partial charge in [0.1, 0.15) is 17.5 Å². The SMILES string of the molecule is CCCCc1nc(SCc2cccc(C)c2)nc(N)c1C#N. The van der Waals surface area contributed by atoms with Crippen LogP contribution in [0.15, 0.2) is 29.4 Å². The topological polar surface area (TPSA) is 75.6 Å². The second-order valence-corrected chi connectivity index (χ2v) is 6.15. The molecule has 0 fully saturated rings. The van der Waals surface area contributed by atoms with Gasteiger partial charge in [0.25, 0.3) is 0 Å². The number of aryl methyl sites for hydroxylation is 2. The molecule has 5 heteroatoms. The third kappa shape index (κ3) is 4.22. The molecule has 1 aromatic heterocycles. The Hall–Kier alpha value is -2.06. The van der Waals surface area contributed by atoms with E-state index in [2.05, 4.69) is 48.1 Å². The Morgan fingerprint density at radius 3 is 2.82 bits per heavy atom. The van der Waals surface area contributed by atoms with E-state index < -0.39 is 0 Å². The zero-order chi connectivity index (χ0) is 15.9. The number of benzene rings is 1. The van der Waals surface area contributed by atoms with Gasteiger partial charge in [-0.25, -0.2) is 9.97 Å². The first-order valence-electron chi connectivity index (χ1n) is 7.39. The Labute approximate surface area is 135 Å². The van der Waals surface area contributed by atoms with Gasteiger partial charge in [0, 0.05) is 5.75 Å². The highest BCUT2D eigenvalue weighted by Crippen LogP contribution is 2.24. The summed E-state index contributed by atoms with van der Waals surface area (Å²) in [6.07, 6.45) is 2.82. The van der Waals surface area contributed by atoms with Crippen LogP contribution in [0, 0.1) is 18.3 Å². The van der Waals surface area contributed by atoms with Crippen LogP contribution in [-0.2, 0) is 12.2 Å². The molecule has 0 atom stereocenters. The molecule has 0 amide bonds. The maximum absolute atomic E-state index is 9.21. The van der Waals surface area contributed by atoms with Gasteiger partial charge in [-0.15, -0.1) is 0 Å². The highest BCUT2D eigenvalue weighted by molar-refractivity contribution is 7.98. The van der Waals surface area contributed by atoms with Crippen molar-refractivity contribution in [3.63, 3.8) is 0 Å². The Kier molecular flexibility index (Phi) is 5.79. The highest BCUT2D eigenvalue weighted by atomic mass is 32.2. The van der Waals surface area contributed by atoms with Gasteiger partial charge in [0.05, 0.1) is 5.69 Å². The van der Waals surface area contributed by atoms with Crippen molar-refractivity contribution in [3.05, 3.63) is 46.6 Å². The van der Waals surface area contributed by atoms with Gasteiger partial charge in [-0.05, 0) is 25.3 Å². The Morgan fingerprint density at radius 1 is 1.32 bits per heavy atom. The second kappa shape index (κ2) is 7.81. The second-order valence-electron chi connectivity index (χ2n) is 5.21. The highest BCUT2D eigenvalue weighted by Gasteiger charge is 2.12. The molecule has 0 spiro atoms. The molecule has 0 unspecified atom stereocenters. The van der Waals surface area contributed by atoms with Crippen molar-refractivity contribution < 1.29 is 0 Å². The number of hydrogen-bond donors (Lipinski definition) is 1. The van der Waals surface area contributed by atoms with Gasteiger partial charge < -0.3 is 5.73 Å². The third-order valence-corrected chi connectivity index (χ3v) is 4.24. The molecule has 4 nitrogen and oxygen atoms in total. The summed E-state index contributed by atoms with van der Waals surface area (Å²) >= 11 is 1.55. The first-order chi connectivity index (χ1) is 10.6. The van der Waals surface area contributed by atoms with Crippen molar-refractivity contribution in [1.29, 1.82) is 5.26 Å². The lowest BCUT2D eigenvalue weighted by Crippen LogP contribution is -2.05. The van der Waals surface area contributed by atoms with E-state index >= 15 is 0 Å². The molecule has 0 aliphatic carbocycles. The molecule has 114 valence electrons. The summed E-state index contributed by atoms with van der Waals surface area (Å²) in [5.74, 6) is 1.08. The van der Waals surface area contributed by atoms with E-state index in [0.29, 0.717) is 10.7 Å².